The number of aliphatic hydroxyl groups is 1. The molecule has 146 valence electrons. The number of halogens is 1. The van der Waals surface area contributed by atoms with Crippen molar-refractivity contribution in [3.63, 3.8) is 0 Å². The summed E-state index contributed by atoms with van der Waals surface area (Å²) in [4.78, 5) is 18.4. The topological polar surface area (TPSA) is 73.0 Å². The number of amides is 1. The van der Waals surface area contributed by atoms with Crippen molar-refractivity contribution in [2.45, 2.75) is 45.4 Å². The van der Waals surface area contributed by atoms with Crippen molar-refractivity contribution < 1.29 is 19.4 Å². The number of hydrogen-bond donors (Lipinski definition) is 1. The minimum absolute atomic E-state index is 0.0997. The molecular formula is C19H23ClN2O4S. The molecule has 1 N–H and O–H groups in total. The Morgan fingerprint density at radius 1 is 1.52 bits per heavy atom. The quantitative estimate of drug-likeness (QED) is 0.820. The number of aromatic nitrogens is 1. The zero-order valence-corrected chi connectivity index (χ0v) is 17.4. The van der Waals surface area contributed by atoms with Gasteiger partial charge in [-0.25, -0.2) is 0 Å². The van der Waals surface area contributed by atoms with E-state index in [0.29, 0.717) is 27.7 Å². The number of methoxy groups -OCH3 is 1. The van der Waals surface area contributed by atoms with Crippen LogP contribution in [0.3, 0.4) is 0 Å². The molecule has 1 aromatic heterocycles. The van der Waals surface area contributed by atoms with Crippen molar-refractivity contribution >= 4 is 28.8 Å². The van der Waals surface area contributed by atoms with Gasteiger partial charge in [0.1, 0.15) is 5.75 Å². The zero-order valence-electron chi connectivity index (χ0n) is 15.8. The molecule has 6 nitrogen and oxygen atoms in total. The molecule has 1 aliphatic rings. The second-order valence-corrected chi connectivity index (χ2v) is 8.43. The largest absolute Gasteiger partial charge is 0.496 e. The highest BCUT2D eigenvalue weighted by atomic mass is 35.5. The number of benzene rings is 1. The predicted octanol–water partition coefficient (Wildman–Crippen LogP) is 3.28. The standard InChI is InChI=1S/C19H23ClN2O4S/c1-11-16(19(2,3)24)27-18(22(11)10-13-7-8-26-13)21-17(23)14-9-12(20)5-6-15(14)25-4/h5-6,9,13,24H,7-8,10H2,1-4H3. The Balaban J connectivity index is 2.09. The fourth-order valence-electron chi connectivity index (χ4n) is 2.98. The third-order valence-corrected chi connectivity index (χ3v) is 6.21. The second kappa shape index (κ2) is 7.75. The minimum atomic E-state index is -1.03. The normalized spacial score (nSPS) is 17.7. The first kappa shape index (κ1) is 20.1. The van der Waals surface area contributed by atoms with Crippen LogP contribution in [0.1, 0.15) is 41.2 Å². The van der Waals surface area contributed by atoms with Crippen LogP contribution in [0.15, 0.2) is 23.2 Å². The summed E-state index contributed by atoms with van der Waals surface area (Å²) in [5.74, 6) is -0.0285. The van der Waals surface area contributed by atoms with Crippen LogP contribution < -0.4 is 9.54 Å². The smallest absolute Gasteiger partial charge is 0.283 e. The maximum Gasteiger partial charge on any atom is 0.283 e. The first-order valence-electron chi connectivity index (χ1n) is 8.68. The van der Waals surface area contributed by atoms with Crippen LogP contribution in [0.25, 0.3) is 0 Å². The Morgan fingerprint density at radius 2 is 2.22 bits per heavy atom. The van der Waals surface area contributed by atoms with Crippen molar-refractivity contribution in [3.05, 3.63) is 44.2 Å². The third-order valence-electron chi connectivity index (χ3n) is 4.48. The molecule has 1 aromatic carbocycles. The summed E-state index contributed by atoms with van der Waals surface area (Å²) in [6.45, 7) is 6.71. The molecule has 0 saturated carbocycles. The molecule has 0 aliphatic carbocycles. The summed E-state index contributed by atoms with van der Waals surface area (Å²) in [5.41, 5.74) is 0.154. The minimum Gasteiger partial charge on any atom is -0.496 e. The highest BCUT2D eigenvalue weighted by Crippen LogP contribution is 2.28. The molecule has 1 aliphatic heterocycles. The fraction of sp³-hybridized carbons (Fsp3) is 0.474. The molecule has 2 heterocycles. The van der Waals surface area contributed by atoms with Crippen LogP contribution in [0.5, 0.6) is 5.75 Å². The number of carbonyl (C=O) groups excluding carboxylic acids is 1. The van der Waals surface area contributed by atoms with Gasteiger partial charge >= 0.3 is 0 Å². The Kier molecular flexibility index (Phi) is 5.76. The van der Waals surface area contributed by atoms with Gasteiger partial charge in [0, 0.05) is 17.3 Å². The van der Waals surface area contributed by atoms with Gasteiger partial charge in [0.05, 0.1) is 35.8 Å². The van der Waals surface area contributed by atoms with Crippen LogP contribution in [0.2, 0.25) is 5.02 Å². The SMILES string of the molecule is COc1ccc(Cl)cc1C(=O)N=c1sc(C(C)(C)O)c(C)n1CC1CCO1. The summed E-state index contributed by atoms with van der Waals surface area (Å²) in [6.07, 6.45) is 1.07. The van der Waals surface area contributed by atoms with E-state index in [-0.39, 0.29) is 6.10 Å². The monoisotopic (exact) mass is 410 g/mol. The second-order valence-electron chi connectivity index (χ2n) is 7.01. The lowest BCUT2D eigenvalue weighted by Gasteiger charge is -2.27. The molecular weight excluding hydrogens is 388 g/mol. The van der Waals surface area contributed by atoms with E-state index >= 15 is 0 Å². The third kappa shape index (κ3) is 4.27. The van der Waals surface area contributed by atoms with Crippen LogP contribution in [0, 0.1) is 6.92 Å². The number of nitrogens with zero attached hydrogens (tertiary/aromatic N) is 2. The van der Waals surface area contributed by atoms with E-state index < -0.39 is 11.5 Å². The average Bonchev–Trinajstić information content (AvgIpc) is 2.87. The lowest BCUT2D eigenvalue weighted by atomic mass is 10.1. The molecule has 1 fully saturated rings. The van der Waals surface area contributed by atoms with E-state index in [0.717, 1.165) is 23.6 Å². The number of ether oxygens (including phenoxy) is 2. The Hall–Kier alpha value is -1.67. The summed E-state index contributed by atoms with van der Waals surface area (Å²) >= 11 is 7.34. The molecule has 0 bridgehead atoms. The van der Waals surface area contributed by atoms with Gasteiger partial charge in [0.2, 0.25) is 0 Å². The molecule has 0 spiro atoms. The molecule has 3 rings (SSSR count). The van der Waals surface area contributed by atoms with Gasteiger partial charge in [-0.15, -0.1) is 0 Å². The van der Waals surface area contributed by atoms with E-state index in [4.69, 9.17) is 21.1 Å². The Morgan fingerprint density at radius 3 is 2.78 bits per heavy atom. The van der Waals surface area contributed by atoms with Crippen molar-refractivity contribution in [3.8, 4) is 5.75 Å². The van der Waals surface area contributed by atoms with Gasteiger partial charge in [-0.2, -0.15) is 4.99 Å². The lowest BCUT2D eigenvalue weighted by Crippen LogP contribution is -2.35. The summed E-state index contributed by atoms with van der Waals surface area (Å²) in [6, 6.07) is 4.85. The summed E-state index contributed by atoms with van der Waals surface area (Å²) in [7, 11) is 1.50. The first-order chi connectivity index (χ1) is 12.7. The average molecular weight is 411 g/mol. The first-order valence-corrected chi connectivity index (χ1v) is 9.87. The lowest BCUT2D eigenvalue weighted by molar-refractivity contribution is -0.0599. The maximum absolute atomic E-state index is 12.8. The Labute approximate surface area is 167 Å². The molecule has 1 unspecified atom stereocenters. The van der Waals surface area contributed by atoms with Crippen LogP contribution in [-0.2, 0) is 16.9 Å². The zero-order chi connectivity index (χ0) is 19.8. The van der Waals surface area contributed by atoms with Gasteiger partial charge in [-0.05, 0) is 45.4 Å². The van der Waals surface area contributed by atoms with E-state index in [1.54, 1.807) is 32.0 Å². The van der Waals surface area contributed by atoms with E-state index in [9.17, 15) is 9.90 Å². The highest BCUT2D eigenvalue weighted by Gasteiger charge is 2.27. The van der Waals surface area contributed by atoms with Gasteiger partial charge < -0.3 is 19.1 Å². The number of rotatable bonds is 5. The van der Waals surface area contributed by atoms with Gasteiger partial charge in [0.25, 0.3) is 5.91 Å². The molecule has 1 atom stereocenters. The fourth-order valence-corrected chi connectivity index (χ4v) is 4.29. The van der Waals surface area contributed by atoms with Crippen LogP contribution >= 0.6 is 22.9 Å². The van der Waals surface area contributed by atoms with Crippen LogP contribution in [0.4, 0.5) is 0 Å². The van der Waals surface area contributed by atoms with Gasteiger partial charge in [-0.3, -0.25) is 4.79 Å². The maximum atomic E-state index is 12.8. The molecule has 1 amide bonds. The van der Waals surface area contributed by atoms with Crippen molar-refractivity contribution in [1.29, 1.82) is 0 Å². The highest BCUT2D eigenvalue weighted by molar-refractivity contribution is 7.09. The van der Waals surface area contributed by atoms with E-state index in [1.165, 1.54) is 18.4 Å². The van der Waals surface area contributed by atoms with Crippen molar-refractivity contribution in [2.75, 3.05) is 13.7 Å². The summed E-state index contributed by atoms with van der Waals surface area (Å²) < 4.78 is 12.7. The van der Waals surface area contributed by atoms with Crippen LogP contribution in [-0.4, -0.2) is 35.4 Å². The van der Waals surface area contributed by atoms with Gasteiger partial charge in [-0.1, -0.05) is 22.9 Å². The summed E-state index contributed by atoms with van der Waals surface area (Å²) in [5, 5.41) is 10.9. The molecule has 1 saturated heterocycles. The molecule has 27 heavy (non-hydrogen) atoms. The van der Waals surface area contributed by atoms with E-state index in [2.05, 4.69) is 4.99 Å². The number of carbonyl (C=O) groups is 1. The number of thiazole rings is 1. The number of hydrogen-bond acceptors (Lipinski definition) is 5. The van der Waals surface area contributed by atoms with Gasteiger partial charge in [0.15, 0.2) is 4.80 Å². The molecule has 8 heteroatoms. The van der Waals surface area contributed by atoms with Crippen molar-refractivity contribution in [2.24, 2.45) is 4.99 Å². The molecule has 2 aromatic rings. The Bertz CT molecular complexity index is 923. The van der Waals surface area contributed by atoms with E-state index in [1.807, 2.05) is 11.5 Å². The molecule has 0 radical (unpaired) electrons. The van der Waals surface area contributed by atoms with Crippen molar-refractivity contribution in [1.82, 2.24) is 4.57 Å². The predicted molar refractivity (Wildman–Crippen MR) is 105 cm³/mol.